The van der Waals surface area contributed by atoms with Gasteiger partial charge in [-0.1, -0.05) is 29.8 Å². The Hall–Kier alpha value is -4.80. The first kappa shape index (κ1) is 27.8. The molecule has 0 bridgehead atoms. The van der Waals surface area contributed by atoms with E-state index in [0.717, 1.165) is 32.8 Å². The zero-order valence-electron chi connectivity index (χ0n) is 22.4. The van der Waals surface area contributed by atoms with Crippen LogP contribution in [-0.4, -0.2) is 26.8 Å². The smallest absolute Gasteiger partial charge is 0.322 e. The molecule has 0 atom stereocenters. The molecule has 0 saturated carbocycles. The number of nitrogens with zero attached hydrogens (tertiary/aromatic N) is 3. The molecule has 41 heavy (non-hydrogen) atoms. The molecule has 11 heteroatoms. The third-order valence-corrected chi connectivity index (χ3v) is 7.81. The zero-order chi connectivity index (χ0) is 29.3. The van der Waals surface area contributed by atoms with Crippen molar-refractivity contribution in [1.82, 2.24) is 15.0 Å². The first-order valence-electron chi connectivity index (χ1n) is 12.5. The fourth-order valence-corrected chi connectivity index (χ4v) is 6.06. The second-order valence-corrected chi connectivity index (χ2v) is 10.6. The number of rotatable bonds is 7. The molecule has 0 aliphatic rings. The average Bonchev–Trinajstić information content (AvgIpc) is 3.31. The van der Waals surface area contributed by atoms with Crippen LogP contribution in [0.2, 0.25) is 5.02 Å². The van der Waals surface area contributed by atoms with Gasteiger partial charge in [0.2, 0.25) is 5.91 Å². The summed E-state index contributed by atoms with van der Waals surface area (Å²) in [7, 11) is 0. The predicted molar refractivity (Wildman–Crippen MR) is 163 cm³/mol. The highest BCUT2D eigenvalue weighted by molar-refractivity contribution is 7.23. The summed E-state index contributed by atoms with van der Waals surface area (Å²) >= 11 is 8.07. The number of ether oxygens (including phenoxy) is 1. The highest BCUT2D eigenvalue weighted by Gasteiger charge is 2.24. The number of hydrogen-bond acceptors (Lipinski definition) is 8. The summed E-state index contributed by atoms with van der Waals surface area (Å²) in [5, 5.41) is 3.77. The number of halogens is 1. The van der Waals surface area contributed by atoms with E-state index in [2.05, 4.69) is 20.3 Å². The molecule has 0 aliphatic carbocycles. The Morgan fingerprint density at radius 1 is 1.10 bits per heavy atom. The molecule has 0 unspecified atom stereocenters. The number of thiophene rings is 1. The molecule has 5 rings (SSSR count). The van der Waals surface area contributed by atoms with Gasteiger partial charge < -0.3 is 21.5 Å². The van der Waals surface area contributed by atoms with Gasteiger partial charge in [-0.25, -0.2) is 15.0 Å². The molecule has 5 aromatic rings. The molecule has 0 fully saturated rings. The fourth-order valence-electron chi connectivity index (χ4n) is 4.41. The van der Waals surface area contributed by atoms with Gasteiger partial charge in [-0.3, -0.25) is 9.59 Å². The third kappa shape index (κ3) is 5.60. The number of allylic oxidation sites excluding steroid dienone is 1. The molecule has 0 aliphatic heterocycles. The van der Waals surface area contributed by atoms with Crippen molar-refractivity contribution in [3.63, 3.8) is 0 Å². The lowest BCUT2D eigenvalue weighted by molar-refractivity contribution is -0.111. The molecule has 0 radical (unpaired) electrons. The summed E-state index contributed by atoms with van der Waals surface area (Å²) in [5.41, 5.74) is 17.0. The molecular formula is C30H25ClN6O3S. The van der Waals surface area contributed by atoms with Crippen LogP contribution in [0.4, 0.5) is 11.5 Å². The quantitative estimate of drug-likeness (QED) is 0.181. The van der Waals surface area contributed by atoms with Crippen LogP contribution in [0.25, 0.3) is 31.7 Å². The van der Waals surface area contributed by atoms with Crippen molar-refractivity contribution in [3.05, 3.63) is 88.9 Å². The summed E-state index contributed by atoms with van der Waals surface area (Å²) in [4.78, 5) is 37.9. The molecule has 3 aromatic heterocycles. The number of carbonyl (C=O) groups excluding carboxylic acids is 2. The van der Waals surface area contributed by atoms with Crippen molar-refractivity contribution in [1.29, 1.82) is 0 Å². The van der Waals surface area contributed by atoms with Crippen LogP contribution < -0.4 is 21.5 Å². The minimum Gasteiger partial charge on any atom is -0.423 e. The summed E-state index contributed by atoms with van der Waals surface area (Å²) in [6, 6.07) is 12.9. The monoisotopic (exact) mass is 584 g/mol. The summed E-state index contributed by atoms with van der Waals surface area (Å²) in [6.07, 6.45) is 6.12. The van der Waals surface area contributed by atoms with E-state index in [9.17, 15) is 9.59 Å². The van der Waals surface area contributed by atoms with Gasteiger partial charge in [-0.05, 0) is 73.9 Å². The molecule has 0 spiro atoms. The van der Waals surface area contributed by atoms with Gasteiger partial charge in [0.15, 0.2) is 0 Å². The van der Waals surface area contributed by atoms with Crippen molar-refractivity contribution in [2.75, 3.05) is 11.1 Å². The number of aryl methyl sites for hydroxylation is 2. The third-order valence-electron chi connectivity index (χ3n) is 6.26. The van der Waals surface area contributed by atoms with Gasteiger partial charge in [0, 0.05) is 39.6 Å². The molecule has 2 amide bonds. The van der Waals surface area contributed by atoms with E-state index in [0.29, 0.717) is 26.5 Å². The van der Waals surface area contributed by atoms with Gasteiger partial charge >= 0.3 is 6.01 Å². The Labute approximate surface area is 244 Å². The normalized spacial score (nSPS) is 11.2. The number of aromatic nitrogens is 3. The number of nitrogens with two attached hydrogens (primary N) is 2. The SMILES string of the molecule is CC=CC(=O)Nc1ccc(-c2sc3c(C(N)=O)cnc(N)c3c2-c2ccc(Oc3nccc(C)n3)c(Cl)c2)c(C)c1. The maximum atomic E-state index is 12.3. The number of primary amides is 1. The lowest BCUT2D eigenvalue weighted by atomic mass is 9.96. The Morgan fingerprint density at radius 3 is 2.59 bits per heavy atom. The first-order chi connectivity index (χ1) is 19.7. The maximum absolute atomic E-state index is 12.3. The van der Waals surface area contributed by atoms with Crippen LogP contribution in [0, 0.1) is 13.8 Å². The number of benzene rings is 2. The van der Waals surface area contributed by atoms with Crippen LogP contribution in [0.1, 0.15) is 28.5 Å². The lowest BCUT2D eigenvalue weighted by Gasteiger charge is -2.13. The number of nitrogens with one attached hydrogen (secondary N) is 1. The number of fused-ring (bicyclic) bond motifs is 1. The largest absolute Gasteiger partial charge is 0.423 e. The Kier molecular flexibility index (Phi) is 7.69. The van der Waals surface area contributed by atoms with E-state index >= 15 is 0 Å². The molecule has 2 aromatic carbocycles. The summed E-state index contributed by atoms with van der Waals surface area (Å²) < 4.78 is 6.45. The van der Waals surface area contributed by atoms with Crippen LogP contribution >= 0.6 is 22.9 Å². The van der Waals surface area contributed by atoms with Crippen molar-refractivity contribution in [2.24, 2.45) is 5.73 Å². The Morgan fingerprint density at radius 2 is 1.90 bits per heavy atom. The maximum Gasteiger partial charge on any atom is 0.322 e. The van der Waals surface area contributed by atoms with Crippen molar-refractivity contribution in [2.45, 2.75) is 20.8 Å². The summed E-state index contributed by atoms with van der Waals surface area (Å²) in [5.74, 6) is -0.205. The Bertz CT molecular complexity index is 1870. The van der Waals surface area contributed by atoms with Crippen molar-refractivity contribution in [3.8, 4) is 33.3 Å². The van der Waals surface area contributed by atoms with Crippen LogP contribution in [0.15, 0.2) is 67.0 Å². The number of anilines is 2. The lowest BCUT2D eigenvalue weighted by Crippen LogP contribution is -2.11. The van der Waals surface area contributed by atoms with E-state index in [4.69, 9.17) is 27.8 Å². The van der Waals surface area contributed by atoms with Crippen LogP contribution in [0.5, 0.6) is 11.8 Å². The molecule has 9 nitrogen and oxygen atoms in total. The second kappa shape index (κ2) is 11.4. The van der Waals surface area contributed by atoms with E-state index < -0.39 is 5.91 Å². The average molecular weight is 585 g/mol. The van der Waals surface area contributed by atoms with Gasteiger partial charge in [0.05, 0.1) is 15.3 Å². The zero-order valence-corrected chi connectivity index (χ0v) is 23.9. The van der Waals surface area contributed by atoms with Gasteiger partial charge in [0.1, 0.15) is 11.6 Å². The number of amides is 2. The number of carbonyl (C=O) groups is 2. The van der Waals surface area contributed by atoms with E-state index in [1.807, 2.05) is 38.1 Å². The standard InChI is InChI=1S/C30H25ClN6O3S/c1-4-5-23(38)37-18-7-8-19(15(2)12-18)26-24(25-27(41-26)20(29(33)39)14-35-28(25)32)17-6-9-22(21(31)13-17)40-30-34-11-10-16(3)36-30/h4-14H,1-3H3,(H2,32,35)(H2,33,39)(H,37,38). The minimum atomic E-state index is -0.611. The second-order valence-electron chi connectivity index (χ2n) is 9.18. The number of hydrogen-bond donors (Lipinski definition) is 3. The number of pyridine rings is 1. The molecule has 3 heterocycles. The van der Waals surface area contributed by atoms with Crippen LogP contribution in [-0.2, 0) is 4.79 Å². The van der Waals surface area contributed by atoms with Crippen molar-refractivity contribution >= 4 is 56.3 Å². The van der Waals surface area contributed by atoms with Gasteiger partial charge in [-0.2, -0.15) is 0 Å². The predicted octanol–water partition coefficient (Wildman–Crippen LogP) is 6.68. The fraction of sp³-hybridized carbons (Fsp3) is 0.100. The molecule has 5 N–H and O–H groups in total. The van der Waals surface area contributed by atoms with E-state index in [1.165, 1.54) is 23.6 Å². The highest BCUT2D eigenvalue weighted by Crippen LogP contribution is 2.49. The number of nitrogen functional groups attached to an aromatic ring is 1. The van der Waals surface area contributed by atoms with Crippen molar-refractivity contribution < 1.29 is 14.3 Å². The molecular weight excluding hydrogens is 560 g/mol. The van der Waals surface area contributed by atoms with E-state index in [-0.39, 0.29) is 23.3 Å². The van der Waals surface area contributed by atoms with E-state index in [1.54, 1.807) is 37.4 Å². The van der Waals surface area contributed by atoms with Gasteiger partial charge in [-0.15, -0.1) is 11.3 Å². The van der Waals surface area contributed by atoms with Crippen LogP contribution in [0.3, 0.4) is 0 Å². The highest BCUT2D eigenvalue weighted by atomic mass is 35.5. The minimum absolute atomic E-state index is 0.179. The first-order valence-corrected chi connectivity index (χ1v) is 13.7. The Balaban J connectivity index is 1.68. The van der Waals surface area contributed by atoms with Gasteiger partial charge in [0.25, 0.3) is 5.91 Å². The molecule has 0 saturated heterocycles. The summed E-state index contributed by atoms with van der Waals surface area (Å²) in [6.45, 7) is 5.56. The topological polar surface area (TPSA) is 146 Å². The molecule has 206 valence electrons.